The second kappa shape index (κ2) is 3.25. The number of nitrogens with zero attached hydrogens (tertiary/aromatic N) is 4. The normalized spacial score (nSPS) is 18.6. The Balaban J connectivity index is 2.00. The third-order valence-corrected chi connectivity index (χ3v) is 3.32. The van der Waals surface area contributed by atoms with Gasteiger partial charge in [-0.3, -0.25) is 0 Å². The van der Waals surface area contributed by atoms with E-state index in [2.05, 4.69) is 15.3 Å². The molecule has 1 fully saturated rings. The maximum absolute atomic E-state index is 6.21. The van der Waals surface area contributed by atoms with Crippen LogP contribution < -0.4 is 5.73 Å². The van der Waals surface area contributed by atoms with E-state index in [4.69, 9.17) is 5.73 Å². The fraction of sp³-hybridized carbons (Fsp3) is 0.545. The van der Waals surface area contributed by atoms with Gasteiger partial charge in [-0.1, -0.05) is 0 Å². The van der Waals surface area contributed by atoms with Crippen LogP contribution in [0, 0.1) is 6.92 Å². The number of aromatic nitrogens is 4. The van der Waals surface area contributed by atoms with Crippen molar-refractivity contribution in [2.45, 2.75) is 38.1 Å². The molecule has 1 saturated carbocycles. The van der Waals surface area contributed by atoms with Crippen LogP contribution in [0.4, 0.5) is 0 Å². The van der Waals surface area contributed by atoms with Crippen molar-refractivity contribution in [3.05, 3.63) is 23.7 Å². The molecule has 0 bridgehead atoms. The summed E-state index contributed by atoms with van der Waals surface area (Å²) in [4.78, 5) is 0. The molecule has 0 saturated heterocycles. The summed E-state index contributed by atoms with van der Waals surface area (Å²) in [7, 11) is 0. The summed E-state index contributed by atoms with van der Waals surface area (Å²) < 4.78 is 1.81. The lowest BCUT2D eigenvalue weighted by Gasteiger charge is -2.37. The molecule has 84 valence electrons. The molecule has 0 radical (unpaired) electrons. The van der Waals surface area contributed by atoms with Crippen molar-refractivity contribution in [3.8, 4) is 0 Å². The van der Waals surface area contributed by atoms with Gasteiger partial charge in [0.15, 0.2) is 11.5 Å². The lowest BCUT2D eigenvalue weighted by molar-refractivity contribution is 0.242. The minimum Gasteiger partial charge on any atom is -0.325 e. The molecule has 0 unspecified atom stereocenters. The van der Waals surface area contributed by atoms with E-state index in [1.165, 1.54) is 6.42 Å². The molecule has 5 nitrogen and oxygen atoms in total. The molecule has 1 aliphatic rings. The minimum absolute atomic E-state index is 0.0750. The van der Waals surface area contributed by atoms with Gasteiger partial charge in [0.1, 0.15) is 0 Å². The minimum atomic E-state index is -0.0750. The Morgan fingerprint density at radius 1 is 1.38 bits per heavy atom. The monoisotopic (exact) mass is 217 g/mol. The highest BCUT2D eigenvalue weighted by molar-refractivity contribution is 5.36. The van der Waals surface area contributed by atoms with Crippen LogP contribution in [0.5, 0.6) is 0 Å². The van der Waals surface area contributed by atoms with Crippen LogP contribution in [0.1, 0.15) is 30.8 Å². The van der Waals surface area contributed by atoms with E-state index in [-0.39, 0.29) is 5.54 Å². The Labute approximate surface area is 93.7 Å². The van der Waals surface area contributed by atoms with Gasteiger partial charge < -0.3 is 5.73 Å². The first-order valence-electron chi connectivity index (χ1n) is 5.63. The van der Waals surface area contributed by atoms with Gasteiger partial charge in [0, 0.05) is 12.0 Å². The van der Waals surface area contributed by atoms with Crippen molar-refractivity contribution in [3.63, 3.8) is 0 Å². The Morgan fingerprint density at radius 2 is 2.19 bits per heavy atom. The van der Waals surface area contributed by atoms with Gasteiger partial charge in [0.05, 0.1) is 5.69 Å². The maximum Gasteiger partial charge on any atom is 0.177 e. The van der Waals surface area contributed by atoms with Gasteiger partial charge in [0.25, 0.3) is 0 Å². The van der Waals surface area contributed by atoms with Crippen LogP contribution in [-0.2, 0) is 6.42 Å². The van der Waals surface area contributed by atoms with Crippen molar-refractivity contribution in [1.82, 2.24) is 19.8 Å². The first-order chi connectivity index (χ1) is 7.66. The summed E-state index contributed by atoms with van der Waals surface area (Å²) in [6, 6.07) is 3.87. The molecule has 0 atom stereocenters. The molecule has 2 N–H and O–H groups in total. The van der Waals surface area contributed by atoms with Gasteiger partial charge in [-0.2, -0.15) is 9.61 Å². The van der Waals surface area contributed by atoms with Crippen LogP contribution >= 0.6 is 0 Å². The summed E-state index contributed by atoms with van der Waals surface area (Å²) in [5.41, 5.74) is 7.90. The van der Waals surface area contributed by atoms with Crippen molar-refractivity contribution in [1.29, 1.82) is 0 Å². The Kier molecular flexibility index (Phi) is 1.97. The van der Waals surface area contributed by atoms with Gasteiger partial charge >= 0.3 is 0 Å². The van der Waals surface area contributed by atoms with Crippen molar-refractivity contribution in [2.24, 2.45) is 5.73 Å². The lowest BCUT2D eigenvalue weighted by Crippen LogP contribution is -2.48. The SMILES string of the molecule is Cc1ccc2nnc(CC3(N)CCC3)n2n1. The van der Waals surface area contributed by atoms with Gasteiger partial charge in [-0.25, -0.2) is 0 Å². The third-order valence-electron chi connectivity index (χ3n) is 3.32. The smallest absolute Gasteiger partial charge is 0.177 e. The zero-order valence-electron chi connectivity index (χ0n) is 9.35. The second-order valence-corrected chi connectivity index (χ2v) is 4.75. The highest BCUT2D eigenvalue weighted by Gasteiger charge is 2.34. The molecular weight excluding hydrogens is 202 g/mol. The molecule has 0 amide bonds. The Morgan fingerprint density at radius 3 is 2.88 bits per heavy atom. The van der Waals surface area contributed by atoms with E-state index in [0.29, 0.717) is 0 Å². The van der Waals surface area contributed by atoms with E-state index in [1.807, 2.05) is 23.6 Å². The molecular formula is C11H15N5. The predicted molar refractivity (Wildman–Crippen MR) is 60.0 cm³/mol. The molecule has 5 heteroatoms. The summed E-state index contributed by atoms with van der Waals surface area (Å²) in [5, 5.41) is 12.7. The fourth-order valence-electron chi connectivity index (χ4n) is 2.16. The summed E-state index contributed by atoms with van der Waals surface area (Å²) in [6.07, 6.45) is 4.14. The quantitative estimate of drug-likeness (QED) is 0.810. The van der Waals surface area contributed by atoms with Crippen LogP contribution in [0.25, 0.3) is 5.65 Å². The van der Waals surface area contributed by atoms with E-state index in [0.717, 1.165) is 36.4 Å². The number of nitrogens with two attached hydrogens (primary N) is 1. The summed E-state index contributed by atoms with van der Waals surface area (Å²) in [5.74, 6) is 0.876. The van der Waals surface area contributed by atoms with Crippen LogP contribution in [0.2, 0.25) is 0 Å². The molecule has 3 rings (SSSR count). The topological polar surface area (TPSA) is 69.1 Å². The first-order valence-corrected chi connectivity index (χ1v) is 5.63. The number of rotatable bonds is 2. The van der Waals surface area contributed by atoms with Crippen molar-refractivity contribution < 1.29 is 0 Å². The van der Waals surface area contributed by atoms with Gasteiger partial charge in [-0.05, 0) is 38.3 Å². The standard InChI is InChI=1S/C11H15N5/c1-8-3-4-9-13-14-10(16(9)15-8)7-11(12)5-2-6-11/h3-4H,2,5-7,12H2,1H3. The zero-order valence-corrected chi connectivity index (χ0v) is 9.35. The Bertz CT molecular complexity index is 526. The second-order valence-electron chi connectivity index (χ2n) is 4.75. The zero-order chi connectivity index (χ0) is 11.2. The predicted octanol–water partition coefficient (Wildman–Crippen LogP) is 0.857. The first kappa shape index (κ1) is 9.72. The molecule has 2 aromatic rings. The van der Waals surface area contributed by atoms with Crippen LogP contribution in [0.15, 0.2) is 12.1 Å². The summed E-state index contributed by atoms with van der Waals surface area (Å²) >= 11 is 0. The van der Waals surface area contributed by atoms with E-state index < -0.39 is 0 Å². The molecule has 0 aliphatic heterocycles. The fourth-order valence-corrected chi connectivity index (χ4v) is 2.16. The number of hydrogen-bond acceptors (Lipinski definition) is 4. The molecule has 1 aliphatic carbocycles. The average Bonchev–Trinajstić information content (AvgIpc) is 2.59. The number of fused-ring (bicyclic) bond motifs is 1. The largest absolute Gasteiger partial charge is 0.325 e. The molecule has 2 heterocycles. The van der Waals surface area contributed by atoms with E-state index >= 15 is 0 Å². The molecule has 0 spiro atoms. The summed E-state index contributed by atoms with van der Waals surface area (Å²) in [6.45, 7) is 1.96. The molecule has 16 heavy (non-hydrogen) atoms. The number of hydrogen-bond donors (Lipinski definition) is 1. The van der Waals surface area contributed by atoms with Gasteiger partial charge in [0.2, 0.25) is 0 Å². The highest BCUT2D eigenvalue weighted by Crippen LogP contribution is 2.31. The average molecular weight is 217 g/mol. The Hall–Kier alpha value is -1.49. The molecule has 0 aromatic carbocycles. The lowest BCUT2D eigenvalue weighted by atomic mass is 9.75. The number of aryl methyl sites for hydroxylation is 1. The maximum atomic E-state index is 6.21. The van der Waals surface area contributed by atoms with Gasteiger partial charge in [-0.15, -0.1) is 10.2 Å². The van der Waals surface area contributed by atoms with Crippen molar-refractivity contribution >= 4 is 5.65 Å². The third kappa shape index (κ3) is 1.48. The van der Waals surface area contributed by atoms with Crippen molar-refractivity contribution in [2.75, 3.05) is 0 Å². The van der Waals surface area contributed by atoms with E-state index in [9.17, 15) is 0 Å². The highest BCUT2D eigenvalue weighted by atomic mass is 15.4. The van der Waals surface area contributed by atoms with Crippen LogP contribution in [-0.4, -0.2) is 25.4 Å². The molecule has 2 aromatic heterocycles. The van der Waals surface area contributed by atoms with Crippen LogP contribution in [0.3, 0.4) is 0 Å². The van der Waals surface area contributed by atoms with E-state index in [1.54, 1.807) is 0 Å².